The Morgan fingerprint density at radius 3 is 2.12 bits per heavy atom. The first kappa shape index (κ1) is 24.3. The van der Waals surface area contributed by atoms with Crippen LogP contribution in [0.2, 0.25) is 0 Å². The van der Waals surface area contributed by atoms with Crippen LogP contribution in [0, 0.1) is 0 Å². The Balaban J connectivity index is 1.90. The number of pyridine rings is 1. The van der Waals surface area contributed by atoms with Gasteiger partial charge in [0.25, 0.3) is 5.91 Å². The smallest absolute Gasteiger partial charge is 0.251 e. The minimum absolute atomic E-state index is 0.127. The molecule has 0 saturated heterocycles. The van der Waals surface area contributed by atoms with Gasteiger partial charge < -0.3 is 14.8 Å². The van der Waals surface area contributed by atoms with E-state index in [1.165, 1.54) is 20.4 Å². The summed E-state index contributed by atoms with van der Waals surface area (Å²) in [4.78, 5) is 17.1. The van der Waals surface area contributed by atoms with Crippen LogP contribution in [0.4, 0.5) is 0 Å². The average Bonchev–Trinajstić information content (AvgIpc) is 2.84. The van der Waals surface area contributed by atoms with Crippen molar-refractivity contribution in [3.8, 4) is 11.5 Å². The fourth-order valence-corrected chi connectivity index (χ4v) is 5.05. The predicted molar refractivity (Wildman–Crippen MR) is 127 cm³/mol. The molecule has 1 amide bonds. The summed E-state index contributed by atoms with van der Waals surface area (Å²) in [6.07, 6.45) is 3.08. The predicted octanol–water partition coefficient (Wildman–Crippen LogP) is 4.17. The van der Waals surface area contributed by atoms with Crippen molar-refractivity contribution in [1.82, 2.24) is 10.3 Å². The second-order valence-electron chi connectivity index (χ2n) is 7.86. The normalized spacial score (nSPS) is 12.3. The molecule has 1 aromatic heterocycles. The molecular weight excluding hydrogens is 440 g/mol. The van der Waals surface area contributed by atoms with Gasteiger partial charge in [-0.05, 0) is 47.4 Å². The zero-order chi connectivity index (χ0) is 24.0. The van der Waals surface area contributed by atoms with E-state index in [0.717, 1.165) is 5.56 Å². The lowest BCUT2D eigenvalue weighted by Gasteiger charge is -2.19. The average molecular weight is 469 g/mol. The molecule has 0 aliphatic carbocycles. The Morgan fingerprint density at radius 1 is 0.970 bits per heavy atom. The summed E-state index contributed by atoms with van der Waals surface area (Å²) in [6, 6.07) is 15.0. The molecule has 0 aliphatic rings. The molecule has 1 atom stereocenters. The number of hydrogen-bond acceptors (Lipinski definition) is 6. The highest BCUT2D eigenvalue weighted by Crippen LogP contribution is 2.29. The van der Waals surface area contributed by atoms with Gasteiger partial charge in [0, 0.05) is 30.6 Å². The summed E-state index contributed by atoms with van der Waals surface area (Å²) in [5, 5.41) is 1.74. The number of rotatable bonds is 9. The molecule has 1 heterocycles. The first-order valence-corrected chi connectivity index (χ1v) is 12.1. The van der Waals surface area contributed by atoms with Gasteiger partial charge in [-0.1, -0.05) is 32.0 Å². The van der Waals surface area contributed by atoms with E-state index in [4.69, 9.17) is 9.47 Å². The minimum atomic E-state index is -3.80. The minimum Gasteiger partial charge on any atom is -0.497 e. The third-order valence-electron chi connectivity index (χ3n) is 5.37. The van der Waals surface area contributed by atoms with Gasteiger partial charge in [0.15, 0.2) is 9.84 Å². The van der Waals surface area contributed by atoms with Gasteiger partial charge >= 0.3 is 0 Å². The number of methoxy groups -OCH3 is 2. The van der Waals surface area contributed by atoms with Crippen molar-refractivity contribution in [2.45, 2.75) is 29.9 Å². The molecule has 0 spiro atoms. The summed E-state index contributed by atoms with van der Waals surface area (Å²) in [6.45, 7) is 3.97. The van der Waals surface area contributed by atoms with Crippen LogP contribution in [0.5, 0.6) is 11.5 Å². The molecule has 1 N–H and O–H groups in total. The molecule has 3 rings (SSSR count). The third-order valence-corrected chi connectivity index (χ3v) is 7.48. The second-order valence-corrected chi connectivity index (χ2v) is 9.99. The van der Waals surface area contributed by atoms with Crippen LogP contribution < -0.4 is 14.8 Å². The van der Waals surface area contributed by atoms with Gasteiger partial charge in [0.2, 0.25) is 0 Å². The Hall–Kier alpha value is -3.39. The summed E-state index contributed by atoms with van der Waals surface area (Å²) >= 11 is 0. The number of hydrogen-bond donors (Lipinski definition) is 1. The molecular formula is C25H28N2O5S. The van der Waals surface area contributed by atoms with E-state index in [9.17, 15) is 13.2 Å². The Bertz CT molecular complexity index is 1170. The number of aromatic nitrogens is 1. The summed E-state index contributed by atoms with van der Waals surface area (Å²) in [5.41, 5.74) is 1.84. The van der Waals surface area contributed by atoms with E-state index in [-0.39, 0.29) is 17.4 Å². The highest BCUT2D eigenvalue weighted by molar-refractivity contribution is 7.91. The van der Waals surface area contributed by atoms with E-state index in [1.807, 2.05) is 26.0 Å². The lowest BCUT2D eigenvalue weighted by molar-refractivity contribution is 0.0953. The maximum absolute atomic E-state index is 13.5. The number of nitrogens with zero attached hydrogens (tertiary/aromatic N) is 1. The number of benzene rings is 2. The van der Waals surface area contributed by atoms with Crippen molar-refractivity contribution < 1.29 is 22.7 Å². The maximum Gasteiger partial charge on any atom is 0.251 e. The summed E-state index contributed by atoms with van der Waals surface area (Å²) in [5.74, 6) is 0.767. The maximum atomic E-state index is 13.5. The van der Waals surface area contributed by atoms with Crippen LogP contribution in [-0.4, -0.2) is 40.1 Å². The van der Waals surface area contributed by atoms with E-state index >= 15 is 0 Å². The van der Waals surface area contributed by atoms with Gasteiger partial charge in [0.05, 0.1) is 19.1 Å². The highest BCUT2D eigenvalue weighted by atomic mass is 32.2. The van der Waals surface area contributed by atoms with Gasteiger partial charge in [-0.25, -0.2) is 8.42 Å². The van der Waals surface area contributed by atoms with Crippen molar-refractivity contribution in [3.05, 3.63) is 83.7 Å². The fraction of sp³-hybridized carbons (Fsp3) is 0.280. The lowest BCUT2D eigenvalue weighted by Crippen LogP contribution is -2.32. The van der Waals surface area contributed by atoms with Crippen molar-refractivity contribution in [1.29, 1.82) is 0 Å². The molecule has 8 heteroatoms. The summed E-state index contributed by atoms with van der Waals surface area (Å²) in [7, 11) is -0.820. The SMILES string of the molecule is COc1cc(OC)cc(C(=O)NCC(c2cccnc2)S(=O)(=O)c2ccc(C(C)C)cc2)c1. The number of ether oxygens (including phenoxy) is 2. The van der Waals surface area contributed by atoms with E-state index in [2.05, 4.69) is 10.3 Å². The van der Waals surface area contributed by atoms with Crippen molar-refractivity contribution in [2.24, 2.45) is 0 Å². The summed E-state index contributed by atoms with van der Waals surface area (Å²) < 4.78 is 37.5. The van der Waals surface area contributed by atoms with Crippen LogP contribution >= 0.6 is 0 Å². The van der Waals surface area contributed by atoms with Crippen molar-refractivity contribution in [2.75, 3.05) is 20.8 Å². The van der Waals surface area contributed by atoms with E-state index in [1.54, 1.807) is 48.7 Å². The van der Waals surface area contributed by atoms with Crippen LogP contribution in [0.3, 0.4) is 0 Å². The molecule has 1 unspecified atom stereocenters. The third kappa shape index (κ3) is 5.70. The number of amides is 1. The Kier molecular flexibility index (Phi) is 7.71. The fourth-order valence-electron chi connectivity index (χ4n) is 3.41. The molecule has 0 radical (unpaired) electrons. The van der Waals surface area contributed by atoms with Gasteiger partial charge in [-0.3, -0.25) is 9.78 Å². The zero-order valence-corrected chi connectivity index (χ0v) is 19.9. The molecule has 174 valence electrons. The first-order valence-electron chi connectivity index (χ1n) is 10.5. The monoisotopic (exact) mass is 468 g/mol. The lowest BCUT2D eigenvalue weighted by atomic mass is 10.0. The molecule has 0 bridgehead atoms. The molecule has 7 nitrogen and oxygen atoms in total. The zero-order valence-electron chi connectivity index (χ0n) is 19.1. The largest absolute Gasteiger partial charge is 0.497 e. The Labute approximate surface area is 194 Å². The molecule has 0 fully saturated rings. The molecule has 2 aromatic carbocycles. The van der Waals surface area contributed by atoms with Crippen LogP contribution in [-0.2, 0) is 9.84 Å². The number of carbonyl (C=O) groups excluding carboxylic acids is 1. The van der Waals surface area contributed by atoms with Crippen LogP contribution in [0.25, 0.3) is 0 Å². The van der Waals surface area contributed by atoms with Gasteiger partial charge in [-0.15, -0.1) is 0 Å². The Morgan fingerprint density at radius 2 is 1.61 bits per heavy atom. The molecule has 3 aromatic rings. The number of carbonyl (C=O) groups is 1. The molecule has 0 saturated carbocycles. The highest BCUT2D eigenvalue weighted by Gasteiger charge is 2.30. The van der Waals surface area contributed by atoms with E-state index < -0.39 is 21.0 Å². The molecule has 0 aliphatic heterocycles. The number of sulfone groups is 1. The molecule has 33 heavy (non-hydrogen) atoms. The van der Waals surface area contributed by atoms with Crippen molar-refractivity contribution in [3.63, 3.8) is 0 Å². The standard InChI is InChI=1S/C25H28N2O5S/c1-17(2)18-7-9-23(10-8-18)33(29,30)24(19-6-5-11-26-15-19)16-27-25(28)20-12-21(31-3)14-22(13-20)32-4/h5-15,17,24H,16H2,1-4H3,(H,27,28). The topological polar surface area (TPSA) is 94.6 Å². The van der Waals surface area contributed by atoms with E-state index in [0.29, 0.717) is 22.6 Å². The van der Waals surface area contributed by atoms with Crippen LogP contribution in [0.15, 0.2) is 71.9 Å². The second kappa shape index (κ2) is 10.5. The van der Waals surface area contributed by atoms with Crippen molar-refractivity contribution >= 4 is 15.7 Å². The van der Waals surface area contributed by atoms with Gasteiger partial charge in [-0.2, -0.15) is 0 Å². The van der Waals surface area contributed by atoms with Gasteiger partial charge in [0.1, 0.15) is 16.7 Å². The number of nitrogens with one attached hydrogen (secondary N) is 1. The van der Waals surface area contributed by atoms with Crippen LogP contribution in [0.1, 0.15) is 46.5 Å². The quantitative estimate of drug-likeness (QED) is 0.507. The first-order chi connectivity index (χ1) is 15.8.